The first kappa shape index (κ1) is 20.8. The molecule has 1 atom stereocenters. The van der Waals surface area contributed by atoms with Gasteiger partial charge in [-0.25, -0.2) is 8.42 Å². The maximum atomic E-state index is 13.2. The molecule has 0 saturated heterocycles. The Morgan fingerprint density at radius 3 is 1.90 bits per heavy atom. The minimum Gasteiger partial charge on any atom is -0.368 e. The maximum Gasteiger partial charge on any atom is 0.240 e. The van der Waals surface area contributed by atoms with Crippen LogP contribution in [0, 0.1) is 0 Å². The van der Waals surface area contributed by atoms with Crippen LogP contribution in [0.25, 0.3) is 11.1 Å². The first-order valence-electron chi connectivity index (χ1n) is 9.94. The number of nitrogens with two attached hydrogens (primary N) is 1. The van der Waals surface area contributed by atoms with E-state index in [1.807, 2.05) is 48.5 Å². The lowest BCUT2D eigenvalue weighted by Gasteiger charge is -2.19. The Hall–Kier alpha value is -3.45. The molecule has 4 rings (SSSR count). The van der Waals surface area contributed by atoms with E-state index >= 15 is 0 Å². The molecule has 31 heavy (non-hydrogen) atoms. The van der Waals surface area contributed by atoms with Crippen LogP contribution in [-0.4, -0.2) is 32.0 Å². The van der Waals surface area contributed by atoms with Crippen molar-refractivity contribution in [3.05, 3.63) is 90.0 Å². The highest BCUT2D eigenvalue weighted by atomic mass is 32.2. The molecular formula is C24H22N2O4S. The van der Waals surface area contributed by atoms with Gasteiger partial charge in [0.1, 0.15) is 6.04 Å². The van der Waals surface area contributed by atoms with Crippen molar-refractivity contribution in [1.29, 1.82) is 0 Å². The molecule has 0 unspecified atom stereocenters. The molecule has 1 aliphatic rings. The van der Waals surface area contributed by atoms with Crippen LogP contribution in [0.2, 0.25) is 0 Å². The van der Waals surface area contributed by atoms with Crippen molar-refractivity contribution in [1.82, 2.24) is 5.32 Å². The number of carbonyl (C=O) groups excluding carboxylic acids is 2. The van der Waals surface area contributed by atoms with Crippen molar-refractivity contribution in [2.24, 2.45) is 5.73 Å². The van der Waals surface area contributed by atoms with Crippen LogP contribution in [0.5, 0.6) is 0 Å². The van der Waals surface area contributed by atoms with Crippen molar-refractivity contribution < 1.29 is 18.0 Å². The lowest BCUT2D eigenvalue weighted by molar-refractivity contribution is -0.127. The highest BCUT2D eigenvalue weighted by Gasteiger charge is 2.35. The average Bonchev–Trinajstić information content (AvgIpc) is 3.11. The average molecular weight is 435 g/mol. The Kier molecular flexibility index (Phi) is 5.61. The molecule has 0 spiro atoms. The van der Waals surface area contributed by atoms with Crippen LogP contribution >= 0.6 is 0 Å². The molecule has 7 heteroatoms. The Morgan fingerprint density at radius 1 is 0.839 bits per heavy atom. The van der Waals surface area contributed by atoms with Gasteiger partial charge in [0, 0.05) is 0 Å². The summed E-state index contributed by atoms with van der Waals surface area (Å²) in [5.74, 6) is -2.03. The van der Waals surface area contributed by atoms with E-state index in [2.05, 4.69) is 5.32 Å². The van der Waals surface area contributed by atoms with E-state index in [4.69, 9.17) is 5.73 Å². The van der Waals surface area contributed by atoms with Crippen molar-refractivity contribution in [3.63, 3.8) is 0 Å². The normalized spacial score (nSPS) is 13.8. The van der Waals surface area contributed by atoms with Crippen LogP contribution in [-0.2, 0) is 19.4 Å². The quantitative estimate of drug-likeness (QED) is 0.596. The van der Waals surface area contributed by atoms with E-state index in [1.54, 1.807) is 18.2 Å². The first-order valence-corrected chi connectivity index (χ1v) is 11.6. The smallest absolute Gasteiger partial charge is 0.240 e. The van der Waals surface area contributed by atoms with Gasteiger partial charge in [0.15, 0.2) is 9.84 Å². The summed E-state index contributed by atoms with van der Waals surface area (Å²) in [6.07, 6.45) is -0.103. The van der Waals surface area contributed by atoms with E-state index in [-0.39, 0.29) is 23.0 Å². The van der Waals surface area contributed by atoms with E-state index in [0.29, 0.717) is 0 Å². The number of fused-ring (bicyclic) bond motifs is 3. The lowest BCUT2D eigenvalue weighted by atomic mass is 9.95. The highest BCUT2D eigenvalue weighted by Crippen LogP contribution is 2.44. The van der Waals surface area contributed by atoms with Crippen molar-refractivity contribution >= 4 is 21.7 Å². The molecule has 3 aromatic carbocycles. The minimum absolute atomic E-state index is 0.103. The Bertz CT molecular complexity index is 1190. The number of primary amides is 1. The molecule has 0 aliphatic heterocycles. The van der Waals surface area contributed by atoms with Gasteiger partial charge in [0.2, 0.25) is 11.8 Å². The largest absolute Gasteiger partial charge is 0.368 e. The monoisotopic (exact) mass is 434 g/mol. The Morgan fingerprint density at radius 2 is 1.35 bits per heavy atom. The minimum atomic E-state index is -3.60. The highest BCUT2D eigenvalue weighted by molar-refractivity contribution is 7.91. The van der Waals surface area contributed by atoms with Crippen LogP contribution in [0.4, 0.5) is 0 Å². The number of rotatable bonds is 7. The van der Waals surface area contributed by atoms with Gasteiger partial charge in [0.05, 0.1) is 16.6 Å². The number of nitrogens with one attached hydrogen (secondary N) is 1. The fourth-order valence-electron chi connectivity index (χ4n) is 4.00. The van der Waals surface area contributed by atoms with Crippen molar-refractivity contribution in [2.45, 2.75) is 23.3 Å². The number of hydrogen-bond donors (Lipinski definition) is 2. The fraction of sp³-hybridized carbons (Fsp3) is 0.167. The zero-order valence-electron chi connectivity index (χ0n) is 16.7. The molecule has 158 valence electrons. The third kappa shape index (κ3) is 4.09. The summed E-state index contributed by atoms with van der Waals surface area (Å²) in [5.41, 5.74) is 9.13. The molecule has 0 aromatic heterocycles. The predicted octanol–water partition coefficient (Wildman–Crippen LogP) is 2.63. The van der Waals surface area contributed by atoms with Crippen LogP contribution in [0.3, 0.4) is 0 Å². The number of amides is 2. The fourth-order valence-corrected chi connectivity index (χ4v) is 5.35. The predicted molar refractivity (Wildman–Crippen MR) is 118 cm³/mol. The second-order valence-corrected chi connectivity index (χ2v) is 9.60. The third-order valence-corrected chi connectivity index (χ3v) is 7.30. The summed E-state index contributed by atoms with van der Waals surface area (Å²) in [7, 11) is -3.60. The zero-order chi connectivity index (χ0) is 22.0. The molecule has 0 radical (unpaired) electrons. The summed E-state index contributed by atoms with van der Waals surface area (Å²) >= 11 is 0. The van der Waals surface area contributed by atoms with Gasteiger partial charge in [0.25, 0.3) is 0 Å². The molecule has 0 saturated carbocycles. The van der Waals surface area contributed by atoms with Crippen LogP contribution < -0.4 is 11.1 Å². The molecule has 3 N–H and O–H groups in total. The van der Waals surface area contributed by atoms with Gasteiger partial charge in [-0.2, -0.15) is 0 Å². The summed E-state index contributed by atoms with van der Waals surface area (Å²) < 4.78 is 25.1. The van der Waals surface area contributed by atoms with Crippen molar-refractivity contribution in [2.75, 3.05) is 5.75 Å². The first-order chi connectivity index (χ1) is 14.9. The molecule has 0 heterocycles. The number of sulfone groups is 1. The van der Waals surface area contributed by atoms with Gasteiger partial charge in [-0.05, 0) is 40.8 Å². The summed E-state index contributed by atoms with van der Waals surface area (Å²) in [4.78, 5) is 25.4. The Labute approximate surface area is 181 Å². The molecule has 0 bridgehead atoms. The summed E-state index contributed by atoms with van der Waals surface area (Å²) in [5, 5.41) is 2.69. The van der Waals surface area contributed by atoms with Crippen molar-refractivity contribution in [3.8, 4) is 11.1 Å². The molecule has 6 nitrogen and oxygen atoms in total. The second-order valence-electron chi connectivity index (χ2n) is 7.49. The van der Waals surface area contributed by atoms with E-state index in [0.717, 1.165) is 22.3 Å². The molecular weight excluding hydrogens is 412 g/mol. The van der Waals surface area contributed by atoms with Gasteiger partial charge in [-0.1, -0.05) is 66.7 Å². The Balaban J connectivity index is 1.54. The van der Waals surface area contributed by atoms with Gasteiger partial charge in [-0.15, -0.1) is 0 Å². The van der Waals surface area contributed by atoms with Crippen LogP contribution in [0.15, 0.2) is 83.8 Å². The van der Waals surface area contributed by atoms with E-state index in [9.17, 15) is 18.0 Å². The number of hydrogen-bond acceptors (Lipinski definition) is 4. The molecule has 0 fully saturated rings. The second kappa shape index (κ2) is 8.35. The van der Waals surface area contributed by atoms with Gasteiger partial charge >= 0.3 is 0 Å². The number of benzene rings is 3. The third-order valence-electron chi connectivity index (χ3n) is 5.53. The SMILES string of the molecule is NC(=O)[C@H](CCS(=O)(=O)c1ccccc1)NC(=O)C1c2ccccc2-c2ccccc21. The summed E-state index contributed by atoms with van der Waals surface area (Å²) in [6.45, 7) is 0. The zero-order valence-corrected chi connectivity index (χ0v) is 17.5. The number of carbonyl (C=O) groups is 2. The standard InChI is InChI=1S/C24H22N2O4S/c25-23(27)21(14-15-31(29,30)16-8-2-1-3-9-16)26-24(28)22-19-12-6-4-10-17(19)18-11-5-7-13-20(18)22/h1-13,21-22H,14-15H2,(H2,25,27)(H,26,28)/t21-/m0/s1. The molecule has 1 aliphatic carbocycles. The van der Waals surface area contributed by atoms with Crippen LogP contribution in [0.1, 0.15) is 23.5 Å². The van der Waals surface area contributed by atoms with Gasteiger partial charge < -0.3 is 11.1 Å². The molecule has 2 amide bonds. The van der Waals surface area contributed by atoms with Gasteiger partial charge in [-0.3, -0.25) is 9.59 Å². The van der Waals surface area contributed by atoms with E-state index in [1.165, 1.54) is 12.1 Å². The topological polar surface area (TPSA) is 106 Å². The molecule has 3 aromatic rings. The summed E-state index contributed by atoms with van der Waals surface area (Å²) in [6, 6.07) is 22.1. The maximum absolute atomic E-state index is 13.2. The lowest BCUT2D eigenvalue weighted by Crippen LogP contribution is -2.47. The van der Waals surface area contributed by atoms with E-state index < -0.39 is 27.7 Å².